The average Bonchev–Trinajstić information content (AvgIpc) is 2.75. The number of hydrogen-bond acceptors (Lipinski definition) is 2. The van der Waals surface area contributed by atoms with E-state index in [0.717, 1.165) is 24.7 Å². The third-order valence-corrected chi connectivity index (χ3v) is 4.09. The maximum atomic E-state index is 11.2. The molecule has 1 saturated heterocycles. The van der Waals surface area contributed by atoms with E-state index in [4.69, 9.17) is 0 Å². The number of hydrogen-bond donors (Lipinski definition) is 0. The molecular weight excluding hydrogens is 174 g/mol. The van der Waals surface area contributed by atoms with Gasteiger partial charge in [-0.15, -0.1) is 0 Å². The molecule has 0 aromatic rings. The smallest absolute Gasteiger partial charge is 0.157 e. The highest BCUT2D eigenvalue weighted by Crippen LogP contribution is 2.40. The quantitative estimate of drug-likeness (QED) is 0.631. The SMILES string of the molecule is O=C1C=C(N2CC3CCCC3C2)CC1. The Hall–Kier alpha value is -0.790. The van der Waals surface area contributed by atoms with Crippen LogP contribution in [0.15, 0.2) is 11.8 Å². The zero-order chi connectivity index (χ0) is 9.54. The molecule has 0 spiro atoms. The first-order chi connectivity index (χ1) is 6.83. The van der Waals surface area contributed by atoms with Crippen molar-refractivity contribution in [2.45, 2.75) is 32.1 Å². The topological polar surface area (TPSA) is 20.3 Å². The first-order valence-corrected chi connectivity index (χ1v) is 5.81. The van der Waals surface area contributed by atoms with Gasteiger partial charge in [0.25, 0.3) is 0 Å². The van der Waals surface area contributed by atoms with Gasteiger partial charge in [0, 0.05) is 31.3 Å². The summed E-state index contributed by atoms with van der Waals surface area (Å²) in [5.41, 5.74) is 1.32. The molecule has 0 N–H and O–H groups in total. The Kier molecular flexibility index (Phi) is 1.89. The third-order valence-electron chi connectivity index (χ3n) is 4.09. The molecule has 2 aliphatic carbocycles. The molecule has 14 heavy (non-hydrogen) atoms. The van der Waals surface area contributed by atoms with Gasteiger partial charge in [-0.2, -0.15) is 0 Å². The summed E-state index contributed by atoms with van der Waals surface area (Å²) in [6.07, 6.45) is 7.90. The number of likely N-dealkylation sites (tertiary alicyclic amines) is 1. The Morgan fingerprint density at radius 3 is 2.43 bits per heavy atom. The van der Waals surface area contributed by atoms with Crippen LogP contribution in [-0.4, -0.2) is 23.8 Å². The zero-order valence-electron chi connectivity index (χ0n) is 8.54. The van der Waals surface area contributed by atoms with Crippen LogP contribution < -0.4 is 0 Å². The van der Waals surface area contributed by atoms with Crippen molar-refractivity contribution < 1.29 is 4.79 Å². The van der Waals surface area contributed by atoms with E-state index in [-0.39, 0.29) is 0 Å². The molecule has 1 aliphatic heterocycles. The highest BCUT2D eigenvalue weighted by atomic mass is 16.1. The van der Waals surface area contributed by atoms with E-state index in [9.17, 15) is 4.79 Å². The molecule has 3 rings (SSSR count). The van der Waals surface area contributed by atoms with E-state index < -0.39 is 0 Å². The molecule has 0 amide bonds. The Morgan fingerprint density at radius 2 is 1.86 bits per heavy atom. The summed E-state index contributed by atoms with van der Waals surface area (Å²) in [4.78, 5) is 13.6. The minimum atomic E-state index is 0.331. The van der Waals surface area contributed by atoms with Crippen molar-refractivity contribution in [3.63, 3.8) is 0 Å². The number of fused-ring (bicyclic) bond motifs is 1. The van der Waals surface area contributed by atoms with E-state index >= 15 is 0 Å². The van der Waals surface area contributed by atoms with Crippen molar-refractivity contribution in [1.29, 1.82) is 0 Å². The number of carbonyl (C=O) groups is 1. The Labute approximate surface area is 85.0 Å². The molecule has 2 fully saturated rings. The zero-order valence-corrected chi connectivity index (χ0v) is 8.54. The molecule has 2 atom stereocenters. The summed E-state index contributed by atoms with van der Waals surface area (Å²) in [6, 6.07) is 0. The molecule has 1 heterocycles. The lowest BCUT2D eigenvalue weighted by Gasteiger charge is -2.20. The van der Waals surface area contributed by atoms with Crippen molar-refractivity contribution in [1.82, 2.24) is 4.90 Å². The number of rotatable bonds is 1. The van der Waals surface area contributed by atoms with Crippen LogP contribution in [0.4, 0.5) is 0 Å². The lowest BCUT2D eigenvalue weighted by molar-refractivity contribution is -0.114. The minimum absolute atomic E-state index is 0.331. The van der Waals surface area contributed by atoms with E-state index in [1.54, 1.807) is 0 Å². The van der Waals surface area contributed by atoms with Crippen LogP contribution in [0, 0.1) is 11.8 Å². The fourth-order valence-corrected chi connectivity index (χ4v) is 3.30. The molecule has 0 bridgehead atoms. The standard InChI is InChI=1S/C12H17NO/c14-12-5-4-11(6-12)13-7-9-2-1-3-10(9)8-13/h6,9-10H,1-5,7-8H2. The second-order valence-electron chi connectivity index (χ2n) is 4.96. The van der Waals surface area contributed by atoms with E-state index in [1.165, 1.54) is 38.0 Å². The second-order valence-corrected chi connectivity index (χ2v) is 4.96. The highest BCUT2D eigenvalue weighted by molar-refractivity contribution is 5.92. The van der Waals surface area contributed by atoms with E-state index in [1.807, 2.05) is 6.08 Å². The van der Waals surface area contributed by atoms with Gasteiger partial charge < -0.3 is 4.90 Å². The Morgan fingerprint density at radius 1 is 1.14 bits per heavy atom. The summed E-state index contributed by atoms with van der Waals surface area (Å²) in [7, 11) is 0. The van der Waals surface area contributed by atoms with Gasteiger partial charge in [-0.3, -0.25) is 4.79 Å². The third kappa shape index (κ3) is 1.28. The summed E-state index contributed by atoms with van der Waals surface area (Å²) in [5, 5.41) is 0. The molecule has 76 valence electrons. The maximum absolute atomic E-state index is 11.2. The molecular formula is C12H17NO. The summed E-state index contributed by atoms with van der Waals surface area (Å²) in [6.45, 7) is 2.45. The van der Waals surface area contributed by atoms with Gasteiger partial charge >= 0.3 is 0 Å². The molecule has 0 radical (unpaired) electrons. The number of nitrogens with zero attached hydrogens (tertiary/aromatic N) is 1. The Balaban J connectivity index is 1.71. The van der Waals surface area contributed by atoms with Gasteiger partial charge in [0.2, 0.25) is 0 Å². The average molecular weight is 191 g/mol. The second kappa shape index (κ2) is 3.11. The minimum Gasteiger partial charge on any atom is -0.374 e. The van der Waals surface area contributed by atoms with Crippen LogP contribution in [-0.2, 0) is 4.79 Å². The first-order valence-electron chi connectivity index (χ1n) is 5.81. The lowest BCUT2D eigenvalue weighted by Crippen LogP contribution is -2.19. The predicted octanol–water partition coefficient (Wildman–Crippen LogP) is 1.97. The van der Waals surface area contributed by atoms with Gasteiger partial charge in [-0.1, -0.05) is 6.42 Å². The number of allylic oxidation sites excluding steroid dienone is 2. The van der Waals surface area contributed by atoms with Crippen molar-refractivity contribution in [2.75, 3.05) is 13.1 Å². The van der Waals surface area contributed by atoms with Gasteiger partial charge in [0.05, 0.1) is 0 Å². The highest BCUT2D eigenvalue weighted by Gasteiger charge is 2.37. The molecule has 0 aromatic heterocycles. The number of carbonyl (C=O) groups excluding carboxylic acids is 1. The molecule has 3 aliphatic rings. The van der Waals surface area contributed by atoms with Crippen molar-refractivity contribution in [3.8, 4) is 0 Å². The predicted molar refractivity (Wildman–Crippen MR) is 54.7 cm³/mol. The molecule has 1 saturated carbocycles. The summed E-state index contributed by atoms with van der Waals surface area (Å²) >= 11 is 0. The van der Waals surface area contributed by atoms with E-state index in [0.29, 0.717) is 5.78 Å². The van der Waals surface area contributed by atoms with Gasteiger partial charge in [-0.05, 0) is 31.1 Å². The monoisotopic (exact) mass is 191 g/mol. The van der Waals surface area contributed by atoms with Crippen molar-refractivity contribution >= 4 is 5.78 Å². The normalized spacial score (nSPS) is 36.4. The van der Waals surface area contributed by atoms with Gasteiger partial charge in [0.1, 0.15) is 0 Å². The maximum Gasteiger partial charge on any atom is 0.157 e. The van der Waals surface area contributed by atoms with Gasteiger partial charge in [-0.25, -0.2) is 0 Å². The largest absolute Gasteiger partial charge is 0.374 e. The van der Waals surface area contributed by atoms with Crippen LogP contribution in [0.1, 0.15) is 32.1 Å². The van der Waals surface area contributed by atoms with Gasteiger partial charge in [0.15, 0.2) is 5.78 Å². The van der Waals surface area contributed by atoms with Crippen molar-refractivity contribution in [2.24, 2.45) is 11.8 Å². The van der Waals surface area contributed by atoms with E-state index in [2.05, 4.69) is 4.90 Å². The fraction of sp³-hybridized carbons (Fsp3) is 0.750. The van der Waals surface area contributed by atoms with Crippen LogP contribution in [0.25, 0.3) is 0 Å². The summed E-state index contributed by atoms with van der Waals surface area (Å²) in [5.74, 6) is 2.20. The molecule has 2 unspecified atom stereocenters. The van der Waals surface area contributed by atoms with Crippen LogP contribution in [0.2, 0.25) is 0 Å². The molecule has 2 nitrogen and oxygen atoms in total. The fourth-order valence-electron chi connectivity index (χ4n) is 3.30. The van der Waals surface area contributed by atoms with Crippen molar-refractivity contribution in [3.05, 3.63) is 11.8 Å². The van der Waals surface area contributed by atoms with Crippen LogP contribution >= 0.6 is 0 Å². The first kappa shape index (κ1) is 8.51. The number of ketones is 1. The van der Waals surface area contributed by atoms with Crippen LogP contribution in [0.3, 0.4) is 0 Å². The van der Waals surface area contributed by atoms with Crippen LogP contribution in [0.5, 0.6) is 0 Å². The summed E-state index contributed by atoms with van der Waals surface area (Å²) < 4.78 is 0. The Bertz CT molecular complexity index is 283. The molecule has 2 heteroatoms. The lowest BCUT2D eigenvalue weighted by atomic mass is 10.0. The molecule has 0 aromatic carbocycles.